The maximum atomic E-state index is 6.35. The van der Waals surface area contributed by atoms with Crippen LogP contribution in [0.25, 0.3) is 0 Å². The van der Waals surface area contributed by atoms with Gasteiger partial charge in [-0.3, -0.25) is 4.90 Å². The van der Waals surface area contributed by atoms with Crippen LogP contribution in [-0.4, -0.2) is 11.4 Å². The van der Waals surface area contributed by atoms with Gasteiger partial charge in [0.2, 0.25) is 0 Å². The summed E-state index contributed by atoms with van der Waals surface area (Å²) in [5, 5.41) is 0.855. The minimum atomic E-state index is 0.808. The van der Waals surface area contributed by atoms with E-state index in [1.165, 1.54) is 16.7 Å². The molecule has 2 nitrogen and oxygen atoms in total. The Balaban J connectivity index is 2.09. The molecule has 2 aromatic rings. The van der Waals surface area contributed by atoms with Crippen LogP contribution in [0, 0.1) is 6.92 Å². The number of rotatable bonds is 6. The molecule has 0 atom stereocenters. The first-order valence-corrected chi connectivity index (χ1v) is 7.78. The van der Waals surface area contributed by atoms with E-state index < -0.39 is 0 Å². The summed E-state index contributed by atoms with van der Waals surface area (Å²) in [5.41, 5.74) is 10.2. The lowest BCUT2D eigenvalue weighted by Crippen LogP contribution is -2.23. The summed E-state index contributed by atoms with van der Waals surface area (Å²) >= 11 is 6.35. The minimum absolute atomic E-state index is 0.808. The topological polar surface area (TPSA) is 29.3 Å². The summed E-state index contributed by atoms with van der Waals surface area (Å²) in [6, 6.07) is 14.4. The van der Waals surface area contributed by atoms with Crippen molar-refractivity contribution in [3.63, 3.8) is 0 Å². The molecule has 0 heterocycles. The Kier molecular flexibility index (Phi) is 5.66. The van der Waals surface area contributed by atoms with Gasteiger partial charge in [0.05, 0.1) is 0 Å². The second-order valence-corrected chi connectivity index (χ2v) is 5.95. The van der Waals surface area contributed by atoms with E-state index in [9.17, 15) is 0 Å². The molecule has 0 aliphatic heterocycles. The Morgan fingerprint density at radius 1 is 1.05 bits per heavy atom. The molecule has 2 aromatic carbocycles. The number of hydrogen-bond acceptors (Lipinski definition) is 2. The van der Waals surface area contributed by atoms with E-state index in [1.807, 2.05) is 18.2 Å². The fourth-order valence-corrected chi connectivity index (χ4v) is 2.73. The van der Waals surface area contributed by atoms with E-state index in [-0.39, 0.29) is 0 Å². The zero-order chi connectivity index (χ0) is 15.2. The number of anilines is 1. The Labute approximate surface area is 132 Å². The number of halogens is 1. The lowest BCUT2D eigenvalue weighted by atomic mass is 10.1. The predicted octanol–water partition coefficient (Wildman–Crippen LogP) is 4.64. The molecule has 3 heteroatoms. The van der Waals surface area contributed by atoms with Crippen molar-refractivity contribution in [1.82, 2.24) is 4.90 Å². The molecule has 0 radical (unpaired) electrons. The summed E-state index contributed by atoms with van der Waals surface area (Å²) in [7, 11) is 0. The number of benzene rings is 2. The third kappa shape index (κ3) is 4.76. The zero-order valence-corrected chi connectivity index (χ0v) is 13.5. The molecule has 0 amide bonds. The first-order chi connectivity index (χ1) is 10.1. The lowest BCUT2D eigenvalue weighted by Gasteiger charge is -2.22. The molecule has 2 rings (SSSR count). The van der Waals surface area contributed by atoms with Gasteiger partial charge < -0.3 is 5.73 Å². The monoisotopic (exact) mass is 302 g/mol. The van der Waals surface area contributed by atoms with Crippen molar-refractivity contribution >= 4 is 17.3 Å². The molecule has 112 valence electrons. The molecule has 21 heavy (non-hydrogen) atoms. The van der Waals surface area contributed by atoms with Gasteiger partial charge in [-0.2, -0.15) is 0 Å². The fourth-order valence-electron chi connectivity index (χ4n) is 2.43. The van der Waals surface area contributed by atoms with Crippen LogP contribution in [-0.2, 0) is 13.1 Å². The molecule has 0 aliphatic carbocycles. The van der Waals surface area contributed by atoms with Gasteiger partial charge in [0.25, 0.3) is 0 Å². The quantitative estimate of drug-likeness (QED) is 0.787. The highest BCUT2D eigenvalue weighted by Gasteiger charge is 2.09. The minimum Gasteiger partial charge on any atom is -0.399 e. The normalized spacial score (nSPS) is 11.0. The van der Waals surface area contributed by atoms with Gasteiger partial charge in [-0.1, -0.05) is 42.8 Å². The maximum absolute atomic E-state index is 6.35. The summed E-state index contributed by atoms with van der Waals surface area (Å²) in [6.45, 7) is 7.10. The summed E-state index contributed by atoms with van der Waals surface area (Å²) < 4.78 is 0. The second-order valence-electron chi connectivity index (χ2n) is 5.55. The van der Waals surface area contributed by atoms with Gasteiger partial charge in [-0.05, 0) is 54.8 Å². The van der Waals surface area contributed by atoms with Crippen molar-refractivity contribution in [2.24, 2.45) is 0 Å². The molecule has 2 N–H and O–H groups in total. The lowest BCUT2D eigenvalue weighted by molar-refractivity contribution is 0.257. The van der Waals surface area contributed by atoms with Gasteiger partial charge in [0, 0.05) is 23.8 Å². The number of nitrogens with two attached hydrogens (primary N) is 1. The van der Waals surface area contributed by atoms with Crippen molar-refractivity contribution in [1.29, 1.82) is 0 Å². The van der Waals surface area contributed by atoms with Gasteiger partial charge >= 0.3 is 0 Å². The van der Waals surface area contributed by atoms with Crippen molar-refractivity contribution in [3.8, 4) is 0 Å². The molecule has 0 unspecified atom stereocenters. The molecule has 0 saturated heterocycles. The van der Waals surface area contributed by atoms with E-state index in [0.29, 0.717) is 0 Å². The van der Waals surface area contributed by atoms with Crippen molar-refractivity contribution < 1.29 is 0 Å². The molecule has 0 fully saturated rings. The van der Waals surface area contributed by atoms with Crippen LogP contribution in [0.5, 0.6) is 0 Å². The van der Waals surface area contributed by atoms with Crippen LogP contribution in [0.4, 0.5) is 5.69 Å². The molecular formula is C18H23ClN2. The van der Waals surface area contributed by atoms with E-state index in [4.69, 9.17) is 17.3 Å². The van der Waals surface area contributed by atoms with E-state index >= 15 is 0 Å². The zero-order valence-electron chi connectivity index (χ0n) is 12.8. The average Bonchev–Trinajstić information content (AvgIpc) is 2.44. The Morgan fingerprint density at radius 2 is 1.76 bits per heavy atom. The molecule has 0 bridgehead atoms. The second kappa shape index (κ2) is 7.48. The van der Waals surface area contributed by atoms with E-state index in [0.717, 1.165) is 36.8 Å². The number of aryl methyl sites for hydroxylation is 1. The third-order valence-electron chi connectivity index (χ3n) is 3.53. The van der Waals surface area contributed by atoms with Crippen molar-refractivity contribution in [2.75, 3.05) is 12.3 Å². The Hall–Kier alpha value is -1.51. The van der Waals surface area contributed by atoms with E-state index in [1.54, 1.807) is 0 Å². The van der Waals surface area contributed by atoms with Crippen molar-refractivity contribution in [2.45, 2.75) is 33.4 Å². The highest BCUT2D eigenvalue weighted by molar-refractivity contribution is 6.31. The van der Waals surface area contributed by atoms with Crippen molar-refractivity contribution in [3.05, 3.63) is 64.2 Å². The standard InChI is InChI=1S/C18H23ClN2/c1-3-10-21(12-15-5-8-17(20)9-6-15)13-16-7-4-14(2)11-18(16)19/h4-9,11H,3,10,12-13,20H2,1-2H3. The Morgan fingerprint density at radius 3 is 2.38 bits per heavy atom. The van der Waals surface area contributed by atoms with Gasteiger partial charge in [0.1, 0.15) is 0 Å². The number of nitrogen functional groups attached to an aromatic ring is 1. The summed E-state index contributed by atoms with van der Waals surface area (Å²) in [6.07, 6.45) is 1.12. The van der Waals surface area contributed by atoms with Crippen LogP contribution in [0.3, 0.4) is 0 Å². The molecule has 0 spiro atoms. The molecule has 0 aliphatic rings. The first-order valence-electron chi connectivity index (χ1n) is 7.40. The first kappa shape index (κ1) is 15.9. The third-order valence-corrected chi connectivity index (χ3v) is 3.88. The van der Waals surface area contributed by atoms with Crippen LogP contribution in [0.15, 0.2) is 42.5 Å². The maximum Gasteiger partial charge on any atom is 0.0453 e. The van der Waals surface area contributed by atoms with Crippen LogP contribution in [0.2, 0.25) is 5.02 Å². The summed E-state index contributed by atoms with van der Waals surface area (Å²) in [5.74, 6) is 0. The summed E-state index contributed by atoms with van der Waals surface area (Å²) in [4.78, 5) is 2.42. The smallest absolute Gasteiger partial charge is 0.0453 e. The van der Waals surface area contributed by atoms with Crippen LogP contribution >= 0.6 is 11.6 Å². The van der Waals surface area contributed by atoms with Gasteiger partial charge in [0.15, 0.2) is 0 Å². The fraction of sp³-hybridized carbons (Fsp3) is 0.333. The Bertz CT molecular complexity index is 578. The number of nitrogens with zero attached hydrogens (tertiary/aromatic N) is 1. The predicted molar refractivity (Wildman–Crippen MR) is 91.4 cm³/mol. The van der Waals surface area contributed by atoms with E-state index in [2.05, 4.69) is 43.0 Å². The molecule has 0 saturated carbocycles. The largest absolute Gasteiger partial charge is 0.399 e. The highest BCUT2D eigenvalue weighted by Crippen LogP contribution is 2.20. The van der Waals surface area contributed by atoms with Crippen LogP contribution < -0.4 is 5.73 Å². The highest BCUT2D eigenvalue weighted by atomic mass is 35.5. The van der Waals surface area contributed by atoms with Gasteiger partial charge in [-0.15, -0.1) is 0 Å². The average molecular weight is 303 g/mol. The van der Waals surface area contributed by atoms with Gasteiger partial charge in [-0.25, -0.2) is 0 Å². The van der Waals surface area contributed by atoms with Crippen LogP contribution in [0.1, 0.15) is 30.0 Å². The number of hydrogen-bond donors (Lipinski definition) is 1. The molecule has 0 aromatic heterocycles. The molecular weight excluding hydrogens is 280 g/mol. The SMILES string of the molecule is CCCN(Cc1ccc(N)cc1)Cc1ccc(C)cc1Cl.